The van der Waals surface area contributed by atoms with Gasteiger partial charge in [-0.05, 0) is 49.7 Å². The molecule has 1 aliphatic rings. The number of benzene rings is 2. The fourth-order valence-electron chi connectivity index (χ4n) is 2.24. The largest absolute Gasteiger partial charge is 0.493 e. The molecule has 1 atom stereocenters. The van der Waals surface area contributed by atoms with Crippen LogP contribution in [-0.4, -0.2) is 12.7 Å². The molecule has 1 aliphatic heterocycles. The van der Waals surface area contributed by atoms with E-state index in [-0.39, 0.29) is 6.10 Å². The Morgan fingerprint density at radius 3 is 2.42 bits per heavy atom. The molecule has 4 heteroatoms. The lowest BCUT2D eigenvalue weighted by atomic mass is 10.3. The summed E-state index contributed by atoms with van der Waals surface area (Å²) in [4.78, 5) is 0. The minimum absolute atomic E-state index is 0.218. The van der Waals surface area contributed by atoms with Crippen LogP contribution in [0.3, 0.4) is 0 Å². The van der Waals surface area contributed by atoms with Crippen molar-refractivity contribution in [3.63, 3.8) is 0 Å². The molecular formula is C20H22O4. The third kappa shape index (κ3) is 4.22. The van der Waals surface area contributed by atoms with Crippen LogP contribution in [0.5, 0.6) is 23.0 Å². The summed E-state index contributed by atoms with van der Waals surface area (Å²) in [7, 11) is 0. The second kappa shape index (κ2) is 7.77. The molecule has 1 unspecified atom stereocenters. The molecule has 0 radical (unpaired) electrons. The average molecular weight is 326 g/mol. The first-order chi connectivity index (χ1) is 11.7. The lowest BCUT2D eigenvalue weighted by molar-refractivity contribution is 0.217. The summed E-state index contributed by atoms with van der Waals surface area (Å²) < 4.78 is 22.8. The molecule has 126 valence electrons. The molecule has 2 aromatic rings. The third-order valence-corrected chi connectivity index (χ3v) is 3.76. The van der Waals surface area contributed by atoms with Gasteiger partial charge in [0.25, 0.3) is 0 Å². The van der Waals surface area contributed by atoms with Gasteiger partial charge < -0.3 is 18.9 Å². The van der Waals surface area contributed by atoms with Gasteiger partial charge in [-0.25, -0.2) is 0 Å². The zero-order valence-corrected chi connectivity index (χ0v) is 14.0. The molecular weight excluding hydrogens is 304 g/mol. The van der Waals surface area contributed by atoms with E-state index in [1.165, 1.54) is 0 Å². The summed E-state index contributed by atoms with van der Waals surface area (Å²) in [5.41, 5.74) is 0. The van der Waals surface area contributed by atoms with E-state index >= 15 is 0 Å². The van der Waals surface area contributed by atoms with E-state index < -0.39 is 0 Å². The Morgan fingerprint density at radius 2 is 1.67 bits per heavy atom. The molecule has 0 bridgehead atoms. The molecule has 1 heterocycles. The van der Waals surface area contributed by atoms with Crippen LogP contribution in [0, 0.1) is 0 Å². The van der Waals surface area contributed by atoms with Crippen LogP contribution in [0.15, 0.2) is 60.6 Å². The van der Waals surface area contributed by atoms with Crippen molar-refractivity contribution >= 4 is 0 Å². The Balaban J connectivity index is 1.46. The Labute approximate surface area is 142 Å². The van der Waals surface area contributed by atoms with Crippen molar-refractivity contribution in [1.29, 1.82) is 0 Å². The molecule has 2 aromatic carbocycles. The molecule has 0 saturated heterocycles. The lowest BCUT2D eigenvalue weighted by Gasteiger charge is -2.18. The van der Waals surface area contributed by atoms with Crippen LogP contribution < -0.4 is 18.9 Å². The van der Waals surface area contributed by atoms with E-state index in [0.717, 1.165) is 35.2 Å². The molecule has 0 N–H and O–H groups in total. The van der Waals surface area contributed by atoms with Crippen molar-refractivity contribution in [2.75, 3.05) is 6.61 Å². The molecule has 0 aliphatic carbocycles. The minimum Gasteiger partial charge on any atom is -0.493 e. The maximum atomic E-state index is 5.78. The third-order valence-electron chi connectivity index (χ3n) is 3.76. The monoisotopic (exact) mass is 326 g/mol. The van der Waals surface area contributed by atoms with Crippen molar-refractivity contribution < 1.29 is 18.9 Å². The van der Waals surface area contributed by atoms with E-state index in [1.54, 1.807) is 6.26 Å². The van der Waals surface area contributed by atoms with Gasteiger partial charge >= 0.3 is 0 Å². The Morgan fingerprint density at radius 1 is 0.958 bits per heavy atom. The molecule has 0 fully saturated rings. The molecule has 3 rings (SSSR count). The quantitative estimate of drug-likeness (QED) is 0.722. The molecule has 0 amide bonds. The summed E-state index contributed by atoms with van der Waals surface area (Å²) in [6.45, 7) is 4.68. The van der Waals surface area contributed by atoms with Crippen molar-refractivity contribution in [2.24, 2.45) is 0 Å². The second-order valence-electron chi connectivity index (χ2n) is 5.66. The van der Waals surface area contributed by atoms with Gasteiger partial charge in [0, 0.05) is 6.42 Å². The smallest absolute Gasteiger partial charge is 0.169 e. The van der Waals surface area contributed by atoms with E-state index in [9.17, 15) is 0 Å². The van der Waals surface area contributed by atoms with Crippen LogP contribution in [0.25, 0.3) is 0 Å². The molecule has 0 aromatic heterocycles. The Kier molecular flexibility index (Phi) is 5.26. The Hall–Kier alpha value is -2.62. The van der Waals surface area contributed by atoms with E-state index in [0.29, 0.717) is 13.0 Å². The predicted octanol–water partition coefficient (Wildman–Crippen LogP) is 4.95. The van der Waals surface area contributed by atoms with E-state index in [4.69, 9.17) is 18.9 Å². The van der Waals surface area contributed by atoms with Crippen LogP contribution >= 0.6 is 0 Å². The zero-order chi connectivity index (χ0) is 16.8. The van der Waals surface area contributed by atoms with Gasteiger partial charge in [0.2, 0.25) is 0 Å². The summed E-state index contributed by atoms with van der Waals surface area (Å²) in [5.74, 6) is 3.90. The number of ether oxygens (including phenoxy) is 4. The van der Waals surface area contributed by atoms with Crippen LogP contribution in [0.2, 0.25) is 0 Å². The van der Waals surface area contributed by atoms with Crippen molar-refractivity contribution in [2.45, 2.75) is 32.8 Å². The van der Waals surface area contributed by atoms with Crippen LogP contribution in [0.4, 0.5) is 0 Å². The molecule has 0 spiro atoms. The highest BCUT2D eigenvalue weighted by Gasteiger charge is 2.13. The second-order valence-corrected chi connectivity index (χ2v) is 5.66. The van der Waals surface area contributed by atoms with Crippen molar-refractivity contribution in [3.8, 4) is 23.0 Å². The van der Waals surface area contributed by atoms with Crippen molar-refractivity contribution in [1.82, 2.24) is 0 Å². The fourth-order valence-corrected chi connectivity index (χ4v) is 2.24. The van der Waals surface area contributed by atoms with Crippen LogP contribution in [0.1, 0.15) is 26.7 Å². The average Bonchev–Trinajstić information content (AvgIpc) is 2.63. The maximum Gasteiger partial charge on any atom is 0.169 e. The summed E-state index contributed by atoms with van der Waals surface area (Å²) in [6, 6.07) is 15.3. The SMILES string of the molecule is CCC(C)Oc1ccc(OCCC2=COc3ccccc3O2)cc1. The normalized spacial score (nSPS) is 13.8. The minimum atomic E-state index is 0.218. The van der Waals surface area contributed by atoms with Gasteiger partial charge in [-0.15, -0.1) is 0 Å². The van der Waals surface area contributed by atoms with Crippen LogP contribution in [-0.2, 0) is 0 Å². The summed E-state index contributed by atoms with van der Waals surface area (Å²) >= 11 is 0. The van der Waals surface area contributed by atoms with Crippen molar-refractivity contribution in [3.05, 3.63) is 60.6 Å². The molecule has 4 nitrogen and oxygen atoms in total. The summed E-state index contributed by atoms with van der Waals surface area (Å²) in [5, 5.41) is 0. The lowest BCUT2D eigenvalue weighted by Crippen LogP contribution is -2.10. The first-order valence-corrected chi connectivity index (χ1v) is 8.26. The highest BCUT2D eigenvalue weighted by molar-refractivity contribution is 5.42. The molecule has 24 heavy (non-hydrogen) atoms. The zero-order valence-electron chi connectivity index (χ0n) is 14.0. The first kappa shape index (κ1) is 16.2. The van der Waals surface area contributed by atoms with E-state index in [2.05, 4.69) is 13.8 Å². The fraction of sp³-hybridized carbons (Fsp3) is 0.300. The van der Waals surface area contributed by atoms with Gasteiger partial charge in [-0.1, -0.05) is 19.1 Å². The predicted molar refractivity (Wildman–Crippen MR) is 92.7 cm³/mol. The van der Waals surface area contributed by atoms with E-state index in [1.807, 2.05) is 48.5 Å². The molecule has 0 saturated carbocycles. The standard InChI is InChI=1S/C20H22O4/c1-3-15(2)23-17-10-8-16(9-11-17)21-13-12-18-14-22-19-6-4-5-7-20(19)24-18/h4-11,14-15H,3,12-13H2,1-2H3. The number of para-hydroxylation sites is 2. The van der Waals surface area contributed by atoms with Gasteiger partial charge in [0.1, 0.15) is 23.5 Å². The highest BCUT2D eigenvalue weighted by Crippen LogP contribution is 2.32. The number of fused-ring (bicyclic) bond motifs is 1. The van der Waals surface area contributed by atoms with Gasteiger partial charge in [-0.2, -0.15) is 0 Å². The topological polar surface area (TPSA) is 36.9 Å². The Bertz CT molecular complexity index is 691. The highest BCUT2D eigenvalue weighted by atomic mass is 16.6. The number of rotatable bonds is 7. The van der Waals surface area contributed by atoms with Gasteiger partial charge in [0.05, 0.1) is 12.7 Å². The number of hydrogen-bond acceptors (Lipinski definition) is 4. The summed E-state index contributed by atoms with van der Waals surface area (Å²) in [6.07, 6.45) is 3.47. The van der Waals surface area contributed by atoms with Gasteiger partial charge in [0.15, 0.2) is 11.5 Å². The maximum absolute atomic E-state index is 5.78. The number of hydrogen-bond donors (Lipinski definition) is 0. The van der Waals surface area contributed by atoms with Gasteiger partial charge in [-0.3, -0.25) is 0 Å². The first-order valence-electron chi connectivity index (χ1n) is 8.26.